The molecule has 2 atom stereocenters. The molecule has 0 aromatic carbocycles. The molecule has 0 spiro atoms. The lowest BCUT2D eigenvalue weighted by atomic mass is 9.86. The first-order valence-electron chi connectivity index (χ1n) is 8.56. The minimum absolute atomic E-state index is 0.0819. The van der Waals surface area contributed by atoms with Gasteiger partial charge in [-0.25, -0.2) is 9.78 Å². The Kier molecular flexibility index (Phi) is 6.84. The van der Waals surface area contributed by atoms with Gasteiger partial charge in [0.1, 0.15) is 0 Å². The average Bonchev–Trinajstić information content (AvgIpc) is 2.93. The Labute approximate surface area is 143 Å². The second kappa shape index (κ2) is 8.64. The van der Waals surface area contributed by atoms with Gasteiger partial charge in [-0.2, -0.15) is 0 Å². The van der Waals surface area contributed by atoms with Crippen LogP contribution < -0.4 is 5.32 Å². The molecule has 2 rings (SSSR count). The number of thiazole rings is 1. The van der Waals surface area contributed by atoms with Crippen molar-refractivity contribution in [2.75, 3.05) is 13.6 Å². The summed E-state index contributed by atoms with van der Waals surface area (Å²) < 4.78 is 0. The Balaban J connectivity index is 1.76. The maximum atomic E-state index is 12.2. The van der Waals surface area contributed by atoms with E-state index < -0.39 is 0 Å². The summed E-state index contributed by atoms with van der Waals surface area (Å²) in [6.45, 7) is 5.50. The predicted molar refractivity (Wildman–Crippen MR) is 93.5 cm³/mol. The topological polar surface area (TPSA) is 65.5 Å². The summed E-state index contributed by atoms with van der Waals surface area (Å²) in [5, 5.41) is 14.1. The van der Waals surface area contributed by atoms with Crippen molar-refractivity contribution in [2.24, 2.45) is 11.8 Å². The molecule has 1 heterocycles. The lowest BCUT2D eigenvalue weighted by Crippen LogP contribution is -2.42. The molecule has 23 heavy (non-hydrogen) atoms. The third-order valence-electron chi connectivity index (χ3n) is 4.32. The van der Waals surface area contributed by atoms with Gasteiger partial charge in [0.25, 0.3) is 0 Å². The summed E-state index contributed by atoms with van der Waals surface area (Å²) in [7, 11) is 1.80. The summed E-state index contributed by atoms with van der Waals surface area (Å²) in [5.41, 5.74) is 0. The van der Waals surface area contributed by atoms with Crippen LogP contribution in [0.5, 0.6) is 0 Å². The normalized spacial score (nSPS) is 21.4. The summed E-state index contributed by atoms with van der Waals surface area (Å²) in [6, 6.07) is -0.0819. The van der Waals surface area contributed by atoms with Gasteiger partial charge in [-0.15, -0.1) is 11.3 Å². The summed E-state index contributed by atoms with van der Waals surface area (Å²) in [6.07, 6.45) is 6.69. The van der Waals surface area contributed by atoms with Crippen LogP contribution in [0, 0.1) is 11.8 Å². The lowest BCUT2D eigenvalue weighted by molar-refractivity contribution is 0.0565. The van der Waals surface area contributed by atoms with Crippen LogP contribution in [0.25, 0.3) is 0 Å². The van der Waals surface area contributed by atoms with E-state index >= 15 is 0 Å². The number of carbonyl (C=O) groups excluding carboxylic acids is 1. The molecule has 5 nitrogen and oxygen atoms in total. The molecule has 130 valence electrons. The summed E-state index contributed by atoms with van der Waals surface area (Å²) >= 11 is 1.67. The highest BCUT2D eigenvalue weighted by molar-refractivity contribution is 7.11. The molecule has 2 N–H and O–H groups in total. The van der Waals surface area contributed by atoms with Gasteiger partial charge in [0, 0.05) is 37.0 Å². The molecule has 6 heteroatoms. The van der Waals surface area contributed by atoms with Gasteiger partial charge >= 0.3 is 6.03 Å². The lowest BCUT2D eigenvalue weighted by Gasteiger charge is -2.31. The van der Waals surface area contributed by atoms with Crippen LogP contribution in [0.3, 0.4) is 0 Å². The highest BCUT2D eigenvalue weighted by Gasteiger charge is 2.25. The number of amides is 2. The van der Waals surface area contributed by atoms with Crippen LogP contribution in [-0.2, 0) is 13.0 Å². The Morgan fingerprint density at radius 2 is 2.22 bits per heavy atom. The first-order chi connectivity index (χ1) is 11.0. The number of hydrogen-bond donors (Lipinski definition) is 2. The van der Waals surface area contributed by atoms with E-state index in [1.807, 2.05) is 6.20 Å². The van der Waals surface area contributed by atoms with Crippen LogP contribution >= 0.6 is 11.3 Å². The fourth-order valence-electron chi connectivity index (χ4n) is 3.01. The molecule has 2 amide bonds. The van der Waals surface area contributed by atoms with Crippen molar-refractivity contribution in [3.8, 4) is 0 Å². The molecule has 1 fully saturated rings. The van der Waals surface area contributed by atoms with Crippen molar-refractivity contribution in [3.63, 3.8) is 0 Å². The summed E-state index contributed by atoms with van der Waals surface area (Å²) in [4.78, 5) is 19.4. The number of nitrogens with one attached hydrogen (secondary N) is 1. The van der Waals surface area contributed by atoms with Gasteiger partial charge in [0.2, 0.25) is 0 Å². The minimum atomic E-state index is -0.265. The molecule has 0 saturated heterocycles. The van der Waals surface area contributed by atoms with E-state index in [9.17, 15) is 9.90 Å². The van der Waals surface area contributed by atoms with Gasteiger partial charge in [-0.1, -0.05) is 26.7 Å². The van der Waals surface area contributed by atoms with E-state index in [4.69, 9.17) is 0 Å². The Bertz CT molecular complexity index is 504. The van der Waals surface area contributed by atoms with Gasteiger partial charge in [0.15, 0.2) is 0 Å². The first kappa shape index (κ1) is 18.2. The second-order valence-corrected chi connectivity index (χ2v) is 8.17. The number of rotatable bonds is 6. The zero-order valence-electron chi connectivity index (χ0n) is 14.4. The standard InChI is InChI=1S/C17H29N3O2S/c1-12(2)8-16-18-9-14(23-16)10-19-17(22)20(3)11-13-6-4-5-7-15(13)21/h9,12-13,15,21H,4-8,10-11H2,1-3H3,(H,19,22). The number of urea groups is 1. The largest absolute Gasteiger partial charge is 0.393 e. The third-order valence-corrected chi connectivity index (χ3v) is 5.34. The monoisotopic (exact) mass is 339 g/mol. The maximum Gasteiger partial charge on any atom is 0.317 e. The highest BCUT2D eigenvalue weighted by atomic mass is 32.1. The third kappa shape index (κ3) is 5.77. The maximum absolute atomic E-state index is 12.2. The zero-order chi connectivity index (χ0) is 16.8. The molecule has 0 aliphatic heterocycles. The average molecular weight is 340 g/mol. The van der Waals surface area contributed by atoms with Crippen LogP contribution in [0.15, 0.2) is 6.20 Å². The molecule has 1 aromatic heterocycles. The number of aliphatic hydroxyl groups excluding tert-OH is 1. The number of aromatic nitrogens is 1. The van der Waals surface area contributed by atoms with Gasteiger partial charge in [0.05, 0.1) is 17.7 Å². The minimum Gasteiger partial charge on any atom is -0.393 e. The molecule has 1 saturated carbocycles. The van der Waals surface area contributed by atoms with Gasteiger partial charge < -0.3 is 15.3 Å². The molecule has 0 radical (unpaired) electrons. The number of aliphatic hydroxyl groups is 1. The molecular weight excluding hydrogens is 310 g/mol. The first-order valence-corrected chi connectivity index (χ1v) is 9.38. The molecule has 1 aromatic rings. The Hall–Kier alpha value is -1.14. The van der Waals surface area contributed by atoms with Gasteiger partial charge in [-0.05, 0) is 18.8 Å². The molecule has 2 unspecified atom stereocenters. The van der Waals surface area contributed by atoms with Crippen LogP contribution in [0.2, 0.25) is 0 Å². The van der Waals surface area contributed by atoms with E-state index in [-0.39, 0.29) is 18.1 Å². The fourth-order valence-corrected chi connectivity index (χ4v) is 4.08. The van der Waals surface area contributed by atoms with Crippen molar-refractivity contribution >= 4 is 17.4 Å². The SMILES string of the molecule is CC(C)Cc1ncc(CNC(=O)N(C)CC2CCCCC2O)s1. The van der Waals surface area contributed by atoms with E-state index in [0.29, 0.717) is 19.0 Å². The molecule has 0 bridgehead atoms. The zero-order valence-corrected chi connectivity index (χ0v) is 15.2. The van der Waals surface area contributed by atoms with Crippen molar-refractivity contribution in [1.29, 1.82) is 0 Å². The molecule has 1 aliphatic rings. The molecular formula is C17H29N3O2S. The van der Waals surface area contributed by atoms with Crippen molar-refractivity contribution < 1.29 is 9.90 Å². The van der Waals surface area contributed by atoms with E-state index in [0.717, 1.165) is 42.0 Å². The number of hydrogen-bond acceptors (Lipinski definition) is 4. The Morgan fingerprint density at radius 1 is 1.48 bits per heavy atom. The number of nitrogens with zero attached hydrogens (tertiary/aromatic N) is 2. The fraction of sp³-hybridized carbons (Fsp3) is 0.765. The van der Waals surface area contributed by atoms with Gasteiger partial charge in [-0.3, -0.25) is 0 Å². The Morgan fingerprint density at radius 3 is 2.91 bits per heavy atom. The van der Waals surface area contributed by atoms with Crippen molar-refractivity contribution in [1.82, 2.24) is 15.2 Å². The van der Waals surface area contributed by atoms with E-state index in [2.05, 4.69) is 24.1 Å². The highest BCUT2D eigenvalue weighted by Crippen LogP contribution is 2.25. The van der Waals surface area contributed by atoms with Crippen LogP contribution in [0.4, 0.5) is 4.79 Å². The van der Waals surface area contributed by atoms with Crippen molar-refractivity contribution in [2.45, 2.75) is 58.6 Å². The van der Waals surface area contributed by atoms with E-state index in [1.54, 1.807) is 23.3 Å². The quantitative estimate of drug-likeness (QED) is 0.837. The smallest absolute Gasteiger partial charge is 0.317 e. The number of carbonyl (C=O) groups is 1. The van der Waals surface area contributed by atoms with Crippen molar-refractivity contribution in [3.05, 3.63) is 16.1 Å². The second-order valence-electron chi connectivity index (χ2n) is 6.97. The molecule has 1 aliphatic carbocycles. The summed E-state index contributed by atoms with van der Waals surface area (Å²) in [5.74, 6) is 0.803. The predicted octanol–water partition coefficient (Wildman–Crippen LogP) is 3.03. The van der Waals surface area contributed by atoms with E-state index in [1.165, 1.54) is 0 Å². The van der Waals surface area contributed by atoms with Crippen LogP contribution in [-0.4, -0.2) is 40.7 Å². The van der Waals surface area contributed by atoms with Crippen LogP contribution in [0.1, 0.15) is 49.4 Å².